The van der Waals surface area contributed by atoms with Gasteiger partial charge in [-0.2, -0.15) is 5.10 Å². The zero-order chi connectivity index (χ0) is 12.4. The Morgan fingerprint density at radius 3 is 2.83 bits per heavy atom. The Kier molecular flexibility index (Phi) is 5.16. The van der Waals surface area contributed by atoms with Crippen LogP contribution in [-0.2, 0) is 7.05 Å². The first-order valence-electron chi connectivity index (χ1n) is 6.15. The summed E-state index contributed by atoms with van der Waals surface area (Å²) in [6, 6.07) is 2.02. The average Bonchev–Trinajstić information content (AvgIpc) is 2.67. The molecule has 18 heavy (non-hydrogen) atoms. The van der Waals surface area contributed by atoms with Gasteiger partial charge in [-0.05, 0) is 32.3 Å². The number of nitrogens with zero attached hydrogens (tertiary/aromatic N) is 3. The first kappa shape index (κ1) is 15.0. The highest BCUT2D eigenvalue weighted by atomic mass is 35.5. The van der Waals surface area contributed by atoms with Crippen molar-refractivity contribution in [3.8, 4) is 0 Å². The number of halogens is 1. The van der Waals surface area contributed by atoms with E-state index in [0.717, 1.165) is 31.5 Å². The number of piperidine rings is 1. The lowest BCUT2D eigenvalue weighted by molar-refractivity contribution is 0.0612. The van der Waals surface area contributed by atoms with Crippen molar-refractivity contribution in [2.45, 2.75) is 32.2 Å². The van der Waals surface area contributed by atoms with Gasteiger partial charge in [0.2, 0.25) is 0 Å². The molecule has 1 atom stereocenters. The van der Waals surface area contributed by atoms with Gasteiger partial charge in [0.1, 0.15) is 5.69 Å². The third kappa shape index (κ3) is 2.84. The number of aryl methyl sites for hydroxylation is 2. The van der Waals surface area contributed by atoms with Crippen LogP contribution < -0.4 is 5.73 Å². The zero-order valence-electron chi connectivity index (χ0n) is 10.9. The van der Waals surface area contributed by atoms with Crippen LogP contribution in [0.15, 0.2) is 6.07 Å². The number of amides is 1. The summed E-state index contributed by atoms with van der Waals surface area (Å²) >= 11 is 0. The molecule has 0 aliphatic carbocycles. The standard InChI is InChI=1S/C12H20N4O.ClH/c1-9-7-11(15(2)14-9)12(17)16-6-4-3-5-10(16)8-13;/h7,10H,3-6,8,13H2,1-2H3;1H. The summed E-state index contributed by atoms with van der Waals surface area (Å²) < 4.78 is 1.65. The summed E-state index contributed by atoms with van der Waals surface area (Å²) in [7, 11) is 1.81. The Hall–Kier alpha value is -1.07. The highest BCUT2D eigenvalue weighted by Crippen LogP contribution is 2.19. The third-order valence-electron chi connectivity index (χ3n) is 3.38. The van der Waals surface area contributed by atoms with Crippen molar-refractivity contribution in [1.29, 1.82) is 0 Å². The summed E-state index contributed by atoms with van der Waals surface area (Å²) in [5.74, 6) is 0.0586. The smallest absolute Gasteiger partial charge is 0.272 e. The van der Waals surface area contributed by atoms with E-state index in [2.05, 4.69) is 5.10 Å². The molecule has 2 heterocycles. The largest absolute Gasteiger partial charge is 0.333 e. The molecule has 6 heteroatoms. The molecule has 0 aromatic carbocycles. The minimum atomic E-state index is 0. The lowest BCUT2D eigenvalue weighted by Crippen LogP contribution is -2.47. The van der Waals surface area contributed by atoms with Crippen molar-refractivity contribution in [2.24, 2.45) is 12.8 Å². The number of hydrogen-bond donors (Lipinski definition) is 1. The molecule has 1 amide bonds. The van der Waals surface area contributed by atoms with Crippen LogP contribution in [0.3, 0.4) is 0 Å². The second kappa shape index (κ2) is 6.20. The van der Waals surface area contributed by atoms with Crippen molar-refractivity contribution in [3.63, 3.8) is 0 Å². The monoisotopic (exact) mass is 272 g/mol. The minimum absolute atomic E-state index is 0. The minimum Gasteiger partial charge on any atom is -0.333 e. The normalized spacial score (nSPS) is 19.5. The van der Waals surface area contributed by atoms with Gasteiger partial charge in [-0.1, -0.05) is 0 Å². The fourth-order valence-electron chi connectivity index (χ4n) is 2.47. The van der Waals surface area contributed by atoms with E-state index >= 15 is 0 Å². The predicted octanol–water partition coefficient (Wildman–Crippen LogP) is 1.10. The molecule has 1 aromatic heterocycles. The van der Waals surface area contributed by atoms with Crippen LogP contribution in [0.5, 0.6) is 0 Å². The molecule has 102 valence electrons. The SMILES string of the molecule is Cc1cc(C(=O)N2CCCCC2CN)n(C)n1.Cl. The van der Waals surface area contributed by atoms with Gasteiger partial charge in [-0.25, -0.2) is 0 Å². The highest BCUT2D eigenvalue weighted by Gasteiger charge is 2.28. The Morgan fingerprint density at radius 2 is 2.28 bits per heavy atom. The molecular weight excluding hydrogens is 252 g/mol. The summed E-state index contributed by atoms with van der Waals surface area (Å²) in [5.41, 5.74) is 7.26. The second-order valence-corrected chi connectivity index (χ2v) is 4.68. The number of hydrogen-bond acceptors (Lipinski definition) is 3. The Morgan fingerprint density at radius 1 is 1.56 bits per heavy atom. The van der Waals surface area contributed by atoms with Crippen LogP contribution in [0.2, 0.25) is 0 Å². The Labute approximate surface area is 114 Å². The summed E-state index contributed by atoms with van der Waals surface area (Å²) in [6.07, 6.45) is 3.24. The molecule has 1 aromatic rings. The fraction of sp³-hybridized carbons (Fsp3) is 0.667. The molecule has 2 N–H and O–H groups in total. The van der Waals surface area contributed by atoms with Crippen molar-refractivity contribution in [2.75, 3.05) is 13.1 Å². The first-order chi connectivity index (χ1) is 8.13. The van der Waals surface area contributed by atoms with E-state index in [0.29, 0.717) is 12.2 Å². The van der Waals surface area contributed by atoms with E-state index in [1.807, 2.05) is 24.9 Å². The van der Waals surface area contributed by atoms with Crippen LogP contribution >= 0.6 is 12.4 Å². The van der Waals surface area contributed by atoms with Crippen molar-refractivity contribution in [1.82, 2.24) is 14.7 Å². The maximum Gasteiger partial charge on any atom is 0.272 e. The number of aromatic nitrogens is 2. The van der Waals surface area contributed by atoms with Gasteiger partial charge in [-0.15, -0.1) is 12.4 Å². The lowest BCUT2D eigenvalue weighted by atomic mass is 10.0. The molecule has 0 radical (unpaired) electrons. The third-order valence-corrected chi connectivity index (χ3v) is 3.38. The highest BCUT2D eigenvalue weighted by molar-refractivity contribution is 5.93. The molecule has 0 bridgehead atoms. The van der Waals surface area contributed by atoms with Crippen molar-refractivity contribution in [3.05, 3.63) is 17.5 Å². The van der Waals surface area contributed by atoms with E-state index in [1.54, 1.807) is 4.68 Å². The quantitative estimate of drug-likeness (QED) is 0.877. The molecular formula is C12H21ClN4O. The van der Waals surface area contributed by atoms with Crippen LogP contribution in [0.25, 0.3) is 0 Å². The van der Waals surface area contributed by atoms with E-state index in [9.17, 15) is 4.79 Å². The van der Waals surface area contributed by atoms with Gasteiger partial charge in [0.05, 0.1) is 5.69 Å². The number of rotatable bonds is 2. The van der Waals surface area contributed by atoms with Crippen LogP contribution in [0.1, 0.15) is 35.4 Å². The van der Waals surface area contributed by atoms with E-state index in [-0.39, 0.29) is 24.4 Å². The van der Waals surface area contributed by atoms with Crippen LogP contribution in [-0.4, -0.2) is 39.7 Å². The van der Waals surface area contributed by atoms with Crippen LogP contribution in [0, 0.1) is 6.92 Å². The van der Waals surface area contributed by atoms with Gasteiger partial charge >= 0.3 is 0 Å². The molecule has 0 spiro atoms. The Balaban J connectivity index is 0.00000162. The first-order valence-corrected chi connectivity index (χ1v) is 6.15. The van der Waals surface area contributed by atoms with Gasteiger partial charge < -0.3 is 10.6 Å². The van der Waals surface area contributed by atoms with Crippen molar-refractivity contribution >= 4 is 18.3 Å². The molecule has 5 nitrogen and oxygen atoms in total. The van der Waals surface area contributed by atoms with E-state index in [4.69, 9.17) is 5.73 Å². The van der Waals surface area contributed by atoms with E-state index in [1.165, 1.54) is 0 Å². The average molecular weight is 273 g/mol. The molecule has 1 unspecified atom stereocenters. The summed E-state index contributed by atoms with van der Waals surface area (Å²) in [4.78, 5) is 14.3. The predicted molar refractivity (Wildman–Crippen MR) is 72.9 cm³/mol. The molecule has 1 aliphatic heterocycles. The number of carbonyl (C=O) groups excluding carboxylic acids is 1. The molecule has 1 fully saturated rings. The second-order valence-electron chi connectivity index (χ2n) is 4.68. The number of carbonyl (C=O) groups is 1. The summed E-state index contributed by atoms with van der Waals surface area (Å²) in [5, 5.41) is 4.22. The van der Waals surface area contributed by atoms with Crippen LogP contribution in [0.4, 0.5) is 0 Å². The van der Waals surface area contributed by atoms with Crippen molar-refractivity contribution < 1.29 is 4.79 Å². The molecule has 2 rings (SSSR count). The lowest BCUT2D eigenvalue weighted by Gasteiger charge is -2.34. The molecule has 1 saturated heterocycles. The fourth-order valence-corrected chi connectivity index (χ4v) is 2.47. The number of nitrogens with two attached hydrogens (primary N) is 1. The van der Waals surface area contributed by atoms with Gasteiger partial charge in [0, 0.05) is 26.2 Å². The van der Waals surface area contributed by atoms with Gasteiger partial charge in [0.15, 0.2) is 0 Å². The molecule has 1 aliphatic rings. The number of likely N-dealkylation sites (tertiary alicyclic amines) is 1. The summed E-state index contributed by atoms with van der Waals surface area (Å²) in [6.45, 7) is 3.25. The van der Waals surface area contributed by atoms with Gasteiger partial charge in [0.25, 0.3) is 5.91 Å². The van der Waals surface area contributed by atoms with Gasteiger partial charge in [-0.3, -0.25) is 9.48 Å². The Bertz CT molecular complexity index is 418. The maximum atomic E-state index is 12.4. The topological polar surface area (TPSA) is 64.2 Å². The maximum absolute atomic E-state index is 12.4. The molecule has 0 saturated carbocycles. The zero-order valence-corrected chi connectivity index (χ0v) is 11.7. The van der Waals surface area contributed by atoms with E-state index < -0.39 is 0 Å².